The van der Waals surface area contributed by atoms with Gasteiger partial charge in [0.1, 0.15) is 5.76 Å². The summed E-state index contributed by atoms with van der Waals surface area (Å²) in [6, 6.07) is 15.9. The van der Waals surface area contributed by atoms with E-state index in [1.54, 1.807) is 30.5 Å². The van der Waals surface area contributed by atoms with E-state index in [9.17, 15) is 13.2 Å². The molecular weight excluding hydrogens is 450 g/mol. The zero-order valence-electron chi connectivity index (χ0n) is 17.3. The Balaban J connectivity index is 1.40. The third-order valence-corrected chi connectivity index (χ3v) is 7.08. The fraction of sp³-hybridized carbons (Fsp3) is 0.261. The monoisotopic (exact) mass is 473 g/mol. The molecule has 9 heteroatoms. The molecule has 1 atom stereocenters. The minimum atomic E-state index is -3.78. The van der Waals surface area contributed by atoms with E-state index in [4.69, 9.17) is 16.0 Å². The highest BCUT2D eigenvalue weighted by Crippen LogP contribution is 2.25. The van der Waals surface area contributed by atoms with Gasteiger partial charge in [-0.05, 0) is 86.6 Å². The predicted molar refractivity (Wildman–Crippen MR) is 123 cm³/mol. The van der Waals surface area contributed by atoms with Crippen LogP contribution in [-0.2, 0) is 10.0 Å². The van der Waals surface area contributed by atoms with Gasteiger partial charge >= 0.3 is 0 Å². The van der Waals surface area contributed by atoms with Crippen molar-refractivity contribution in [2.24, 2.45) is 0 Å². The summed E-state index contributed by atoms with van der Waals surface area (Å²) in [6.45, 7) is 2.34. The van der Waals surface area contributed by atoms with Crippen molar-refractivity contribution in [2.45, 2.75) is 23.8 Å². The van der Waals surface area contributed by atoms with Gasteiger partial charge in [0.2, 0.25) is 0 Å². The van der Waals surface area contributed by atoms with Crippen molar-refractivity contribution in [2.75, 3.05) is 24.4 Å². The zero-order valence-corrected chi connectivity index (χ0v) is 18.9. The number of sulfonamides is 1. The molecule has 0 saturated carbocycles. The molecule has 0 bridgehead atoms. The summed E-state index contributed by atoms with van der Waals surface area (Å²) in [5.74, 6) is 0.553. The van der Waals surface area contributed by atoms with Gasteiger partial charge in [0.05, 0.1) is 17.2 Å². The highest BCUT2D eigenvalue weighted by Gasteiger charge is 2.26. The normalized spacial score (nSPS) is 15.4. The first-order valence-electron chi connectivity index (χ1n) is 10.4. The number of likely N-dealkylation sites (tertiary alicyclic amines) is 1. The number of rotatable bonds is 8. The first kappa shape index (κ1) is 22.4. The van der Waals surface area contributed by atoms with Gasteiger partial charge in [-0.3, -0.25) is 14.4 Å². The summed E-state index contributed by atoms with van der Waals surface area (Å²) in [5.41, 5.74) is 0.789. The summed E-state index contributed by atoms with van der Waals surface area (Å²) in [7, 11) is -3.78. The van der Waals surface area contributed by atoms with E-state index in [-0.39, 0.29) is 16.8 Å². The Morgan fingerprint density at radius 2 is 1.72 bits per heavy atom. The Labute approximate surface area is 192 Å². The number of anilines is 1. The van der Waals surface area contributed by atoms with E-state index < -0.39 is 10.0 Å². The van der Waals surface area contributed by atoms with Crippen molar-refractivity contribution < 1.29 is 17.6 Å². The molecule has 7 nitrogen and oxygen atoms in total. The van der Waals surface area contributed by atoms with E-state index in [0.717, 1.165) is 31.7 Å². The van der Waals surface area contributed by atoms with E-state index in [1.807, 2.05) is 12.1 Å². The van der Waals surface area contributed by atoms with Crippen molar-refractivity contribution in [3.63, 3.8) is 0 Å². The molecule has 1 saturated heterocycles. The van der Waals surface area contributed by atoms with Crippen LogP contribution in [0.1, 0.15) is 35.0 Å². The molecule has 1 fully saturated rings. The summed E-state index contributed by atoms with van der Waals surface area (Å²) in [6.07, 6.45) is 3.90. The van der Waals surface area contributed by atoms with Crippen LogP contribution in [0.3, 0.4) is 0 Å². The van der Waals surface area contributed by atoms with Crippen molar-refractivity contribution in [1.29, 1.82) is 0 Å². The van der Waals surface area contributed by atoms with Gasteiger partial charge in [-0.25, -0.2) is 8.42 Å². The largest absolute Gasteiger partial charge is 0.468 e. The molecule has 1 unspecified atom stereocenters. The van der Waals surface area contributed by atoms with Gasteiger partial charge < -0.3 is 9.73 Å². The fourth-order valence-corrected chi connectivity index (χ4v) is 4.94. The maximum absolute atomic E-state index is 12.7. The Morgan fingerprint density at radius 3 is 2.34 bits per heavy atom. The topological polar surface area (TPSA) is 91.7 Å². The molecule has 0 aliphatic carbocycles. The van der Waals surface area contributed by atoms with Crippen LogP contribution in [-0.4, -0.2) is 38.9 Å². The number of halogens is 1. The van der Waals surface area contributed by atoms with Crippen LogP contribution in [0, 0.1) is 0 Å². The van der Waals surface area contributed by atoms with Gasteiger partial charge in [-0.2, -0.15) is 0 Å². The second-order valence-electron chi connectivity index (χ2n) is 7.62. The lowest BCUT2D eigenvalue weighted by atomic mass is 10.1. The number of nitrogens with one attached hydrogen (secondary N) is 2. The second kappa shape index (κ2) is 9.77. The molecule has 2 N–H and O–H groups in total. The predicted octanol–water partition coefficient (Wildman–Crippen LogP) is 4.30. The lowest BCUT2D eigenvalue weighted by molar-refractivity contribution is 0.0933. The van der Waals surface area contributed by atoms with E-state index >= 15 is 0 Å². The van der Waals surface area contributed by atoms with Crippen LogP contribution < -0.4 is 10.0 Å². The Hall–Kier alpha value is -2.81. The average molecular weight is 474 g/mol. The molecule has 2 heterocycles. The van der Waals surface area contributed by atoms with Crippen molar-refractivity contribution >= 4 is 33.2 Å². The molecule has 168 valence electrons. The van der Waals surface area contributed by atoms with Crippen LogP contribution >= 0.6 is 11.6 Å². The number of hydrogen-bond donors (Lipinski definition) is 2. The Morgan fingerprint density at radius 1 is 1.03 bits per heavy atom. The van der Waals surface area contributed by atoms with E-state index in [2.05, 4.69) is 14.9 Å². The Bertz CT molecular complexity index is 1140. The van der Waals surface area contributed by atoms with Gasteiger partial charge in [0.25, 0.3) is 15.9 Å². The molecule has 1 aromatic heterocycles. The molecule has 1 aliphatic rings. The SMILES string of the molecule is O=C(NCC(c1ccco1)N1CCCC1)c1ccc(S(=O)(=O)Nc2ccc(Cl)cc2)cc1. The van der Waals surface area contributed by atoms with E-state index in [1.165, 1.54) is 24.3 Å². The maximum atomic E-state index is 12.7. The maximum Gasteiger partial charge on any atom is 0.261 e. The summed E-state index contributed by atoms with van der Waals surface area (Å²) < 4.78 is 33.3. The van der Waals surface area contributed by atoms with E-state index in [0.29, 0.717) is 22.8 Å². The van der Waals surface area contributed by atoms with Crippen molar-refractivity contribution in [1.82, 2.24) is 10.2 Å². The van der Waals surface area contributed by atoms with Crippen LogP contribution in [0.4, 0.5) is 5.69 Å². The summed E-state index contributed by atoms with van der Waals surface area (Å²) in [5, 5.41) is 3.47. The first-order chi connectivity index (χ1) is 15.4. The zero-order chi connectivity index (χ0) is 22.6. The van der Waals surface area contributed by atoms with Crippen LogP contribution in [0.15, 0.2) is 76.2 Å². The van der Waals surface area contributed by atoms with Crippen LogP contribution in [0.5, 0.6) is 0 Å². The molecule has 32 heavy (non-hydrogen) atoms. The minimum absolute atomic E-state index is 0.0281. The number of benzene rings is 2. The third kappa shape index (κ3) is 5.32. The molecule has 4 rings (SSSR count). The minimum Gasteiger partial charge on any atom is -0.468 e. The van der Waals surface area contributed by atoms with Gasteiger partial charge in [-0.1, -0.05) is 11.6 Å². The van der Waals surface area contributed by atoms with Gasteiger partial charge in [0, 0.05) is 22.8 Å². The number of hydrogen-bond acceptors (Lipinski definition) is 5. The third-order valence-electron chi connectivity index (χ3n) is 5.43. The number of amides is 1. The summed E-state index contributed by atoms with van der Waals surface area (Å²) in [4.78, 5) is 15.0. The first-order valence-corrected chi connectivity index (χ1v) is 12.2. The van der Waals surface area contributed by atoms with Crippen molar-refractivity contribution in [3.8, 4) is 0 Å². The lowest BCUT2D eigenvalue weighted by Gasteiger charge is -2.26. The molecule has 1 aliphatic heterocycles. The summed E-state index contributed by atoms with van der Waals surface area (Å²) >= 11 is 5.83. The molecule has 1 amide bonds. The van der Waals surface area contributed by atoms with Crippen LogP contribution in [0.25, 0.3) is 0 Å². The smallest absolute Gasteiger partial charge is 0.261 e. The number of furan rings is 1. The number of carbonyl (C=O) groups excluding carboxylic acids is 1. The molecule has 2 aromatic carbocycles. The van der Waals surface area contributed by atoms with Gasteiger partial charge in [0.15, 0.2) is 0 Å². The quantitative estimate of drug-likeness (QED) is 0.509. The second-order valence-corrected chi connectivity index (χ2v) is 9.74. The van der Waals surface area contributed by atoms with Gasteiger partial charge in [-0.15, -0.1) is 0 Å². The highest BCUT2D eigenvalue weighted by atomic mass is 35.5. The average Bonchev–Trinajstić information content (AvgIpc) is 3.50. The molecule has 3 aromatic rings. The standard InChI is InChI=1S/C23H24ClN3O4S/c24-18-7-9-19(10-8-18)26-32(29,30)20-11-5-17(6-12-20)23(28)25-16-21(22-4-3-15-31-22)27-13-1-2-14-27/h3-12,15,21,26H,1-2,13-14,16H2,(H,25,28). The highest BCUT2D eigenvalue weighted by molar-refractivity contribution is 7.92. The molecule has 0 spiro atoms. The molecular formula is C23H24ClN3O4S. The van der Waals surface area contributed by atoms with Crippen molar-refractivity contribution in [3.05, 3.63) is 83.3 Å². The number of carbonyl (C=O) groups is 1. The molecule has 0 radical (unpaired) electrons. The lowest BCUT2D eigenvalue weighted by Crippen LogP contribution is -2.36. The van der Waals surface area contributed by atoms with Crippen LogP contribution in [0.2, 0.25) is 5.02 Å². The fourth-order valence-electron chi connectivity index (χ4n) is 3.75. The Kier molecular flexibility index (Phi) is 6.83. The number of nitrogens with zero attached hydrogens (tertiary/aromatic N) is 1.